The summed E-state index contributed by atoms with van der Waals surface area (Å²) in [5, 5.41) is 3.19. The van der Waals surface area contributed by atoms with E-state index in [0.29, 0.717) is 5.92 Å². The summed E-state index contributed by atoms with van der Waals surface area (Å²) < 4.78 is 0. The van der Waals surface area contributed by atoms with Crippen molar-refractivity contribution in [3.8, 4) is 0 Å². The van der Waals surface area contributed by atoms with Gasteiger partial charge < -0.3 is 0 Å². The summed E-state index contributed by atoms with van der Waals surface area (Å²) in [5.74, 6) is 0.663. The number of hydrogen-bond donors (Lipinski definition) is 0. The summed E-state index contributed by atoms with van der Waals surface area (Å²) in [6, 6.07) is 0. The normalized spacial score (nSPS) is 10.5. The average molecular weight is 203 g/mol. The third kappa shape index (κ3) is 12.6. The van der Waals surface area contributed by atoms with Gasteiger partial charge in [-0.25, -0.2) is 0 Å². The van der Waals surface area contributed by atoms with Gasteiger partial charge in [-0.15, -0.1) is 6.58 Å². The fourth-order valence-electron chi connectivity index (χ4n) is 0.753. The molecule has 0 rings (SSSR count). The molecule has 1 unspecified atom stereocenters. The Bertz CT molecular complexity index is 132. The van der Waals surface area contributed by atoms with Crippen LogP contribution in [-0.2, 0) is 17.0 Å². The quantitative estimate of drug-likeness (QED) is 0.613. The first-order valence-corrected chi connectivity index (χ1v) is 5.23. The van der Waals surface area contributed by atoms with E-state index in [1.165, 1.54) is 18.4 Å². The monoisotopic (exact) mass is 203 g/mol. The zero-order valence-electron chi connectivity index (χ0n) is 8.51. The van der Waals surface area contributed by atoms with Crippen LogP contribution >= 0.6 is 0 Å². The van der Waals surface area contributed by atoms with Gasteiger partial charge >= 0.3 is 22.2 Å². The van der Waals surface area contributed by atoms with E-state index in [4.69, 9.17) is 0 Å². The average Bonchev–Trinajstić information content (AvgIpc) is 2.07. The van der Waals surface area contributed by atoms with Gasteiger partial charge in [-0.05, 0) is 32.6 Å². The molecule has 0 aliphatic heterocycles. The van der Waals surface area contributed by atoms with Gasteiger partial charge in [0.25, 0.3) is 0 Å². The molecule has 0 aliphatic carbocycles. The molecule has 0 fully saturated rings. The molecule has 0 saturated carbocycles. The number of rotatable bonds is 4. The molecule has 1 heteroatoms. The Balaban J connectivity index is 0. The van der Waals surface area contributed by atoms with Crippen LogP contribution in [0.2, 0.25) is 0 Å². The van der Waals surface area contributed by atoms with Crippen molar-refractivity contribution < 1.29 is 17.0 Å². The maximum atomic E-state index is 3.74. The van der Waals surface area contributed by atoms with Crippen LogP contribution in [0.3, 0.4) is 0 Å². The topological polar surface area (TPSA) is 0 Å². The van der Waals surface area contributed by atoms with E-state index in [1.807, 2.05) is 6.08 Å². The van der Waals surface area contributed by atoms with Crippen molar-refractivity contribution in [2.45, 2.75) is 33.6 Å². The van der Waals surface area contributed by atoms with Gasteiger partial charge in [0.15, 0.2) is 0 Å². The molecular weight excluding hydrogens is 183 g/mol. The Morgan fingerprint density at radius 2 is 1.92 bits per heavy atom. The van der Waals surface area contributed by atoms with Gasteiger partial charge in [0.2, 0.25) is 0 Å². The third-order valence-electron chi connectivity index (χ3n) is 1.58. The van der Waals surface area contributed by atoms with Crippen LogP contribution < -0.4 is 0 Å². The number of allylic oxidation sites excluding steroid dienone is 3. The molecule has 12 heavy (non-hydrogen) atoms. The van der Waals surface area contributed by atoms with Gasteiger partial charge in [-0.3, -0.25) is 0 Å². The fourth-order valence-corrected chi connectivity index (χ4v) is 0.753. The maximum absolute atomic E-state index is 3.74. The first kappa shape index (κ1) is 14.5. The van der Waals surface area contributed by atoms with E-state index in [9.17, 15) is 0 Å². The Labute approximate surface area is 86.3 Å². The summed E-state index contributed by atoms with van der Waals surface area (Å²) >= 11 is 2.06. The Morgan fingerprint density at radius 1 is 1.42 bits per heavy atom. The van der Waals surface area contributed by atoms with E-state index < -0.39 is 0 Å². The minimum atomic E-state index is 0.663. The molecule has 0 aliphatic rings. The zero-order chi connectivity index (χ0) is 9.98. The predicted octanol–water partition coefficient (Wildman–Crippen LogP) is 3.52. The molecule has 0 bridgehead atoms. The second-order valence-electron chi connectivity index (χ2n) is 3.07. The number of hydrogen-bond acceptors (Lipinski definition) is 0. The Morgan fingerprint density at radius 3 is 2.25 bits per heavy atom. The van der Waals surface area contributed by atoms with Gasteiger partial charge in [0, 0.05) is 0 Å². The van der Waals surface area contributed by atoms with Crippen molar-refractivity contribution in [3.05, 3.63) is 24.3 Å². The predicted molar refractivity (Wildman–Crippen MR) is 55.1 cm³/mol. The van der Waals surface area contributed by atoms with E-state index in [2.05, 4.69) is 55.6 Å². The van der Waals surface area contributed by atoms with Crippen molar-refractivity contribution >= 4 is 5.23 Å². The Hall–Kier alpha value is -0.0656. The first-order valence-electron chi connectivity index (χ1n) is 4.24. The molecule has 0 N–H and O–H groups in total. The van der Waals surface area contributed by atoms with Crippen molar-refractivity contribution in [1.82, 2.24) is 0 Å². The summed E-state index contributed by atoms with van der Waals surface area (Å²) in [7, 11) is 0. The van der Waals surface area contributed by atoms with Gasteiger partial charge in [-0.1, -0.05) is 24.6 Å². The first-order chi connectivity index (χ1) is 5.66. The molecule has 69 valence electrons. The van der Waals surface area contributed by atoms with Crippen LogP contribution in [0.25, 0.3) is 0 Å². The second kappa shape index (κ2) is 10.9. The van der Waals surface area contributed by atoms with Crippen LogP contribution in [0.15, 0.2) is 24.3 Å². The molecule has 0 heterocycles. The fraction of sp³-hybridized carbons (Fsp3) is 0.545. The molecule has 0 aromatic rings. The molecule has 0 spiro atoms. The summed E-state index contributed by atoms with van der Waals surface area (Å²) in [5.41, 5.74) is 1.41. The molecule has 0 saturated heterocycles. The van der Waals surface area contributed by atoms with E-state index in [-0.39, 0.29) is 0 Å². The minimum absolute atomic E-state index is 0.663. The van der Waals surface area contributed by atoms with Gasteiger partial charge in [0.05, 0.1) is 0 Å². The second-order valence-corrected chi connectivity index (χ2v) is 3.07. The van der Waals surface area contributed by atoms with Gasteiger partial charge in [-0.2, -0.15) is 0 Å². The van der Waals surface area contributed by atoms with E-state index >= 15 is 0 Å². The summed E-state index contributed by atoms with van der Waals surface area (Å²) in [6.07, 6.45) is 6.71. The van der Waals surface area contributed by atoms with Crippen LogP contribution in [0.5, 0.6) is 0 Å². The van der Waals surface area contributed by atoms with Crippen LogP contribution in [0.1, 0.15) is 33.6 Å². The molecule has 0 amide bonds. The molecule has 0 aromatic heterocycles. The zero-order valence-corrected chi connectivity index (χ0v) is 9.90. The third-order valence-corrected chi connectivity index (χ3v) is 1.58. The van der Waals surface area contributed by atoms with Crippen molar-refractivity contribution in [2.75, 3.05) is 0 Å². The van der Waals surface area contributed by atoms with E-state index in [1.54, 1.807) is 0 Å². The van der Waals surface area contributed by atoms with Crippen molar-refractivity contribution in [3.63, 3.8) is 0 Å². The van der Waals surface area contributed by atoms with Crippen LogP contribution in [-0.4, -0.2) is 5.23 Å². The Kier molecular flexibility index (Phi) is 13.2. The van der Waals surface area contributed by atoms with Gasteiger partial charge in [0.1, 0.15) is 0 Å². The molecule has 0 aromatic carbocycles. The van der Waals surface area contributed by atoms with E-state index in [0.717, 1.165) is 0 Å². The summed E-state index contributed by atoms with van der Waals surface area (Å²) in [4.78, 5) is 0. The molecule has 1 atom stereocenters. The molecule has 0 radical (unpaired) electrons. The van der Waals surface area contributed by atoms with Crippen LogP contribution in [0, 0.1) is 5.92 Å². The van der Waals surface area contributed by atoms with Crippen molar-refractivity contribution in [2.24, 2.45) is 5.92 Å². The van der Waals surface area contributed by atoms with Crippen LogP contribution in [0.4, 0.5) is 0 Å². The molecule has 0 nitrogen and oxygen atoms in total. The SMILES string of the molecule is C=CC(C)CCC=C(C)C.[CH2]=[V]. The molecular formula is C11H20V. The summed E-state index contributed by atoms with van der Waals surface area (Å²) in [6.45, 7) is 10.2. The standard InChI is InChI=1S/C10H18.CH2.V/c1-5-10(4)8-6-7-9(2)3;;/h5,7,10H,1,6,8H2,2-4H3;1H2;. The van der Waals surface area contributed by atoms with Crippen molar-refractivity contribution in [1.29, 1.82) is 0 Å².